The van der Waals surface area contributed by atoms with Crippen molar-refractivity contribution in [2.24, 2.45) is 0 Å². The number of hydrogen-bond acceptors (Lipinski definition) is 3. The summed E-state index contributed by atoms with van der Waals surface area (Å²) in [6, 6.07) is 9.76. The van der Waals surface area contributed by atoms with Crippen LogP contribution in [0.4, 0.5) is 0 Å². The molecule has 0 aliphatic carbocycles. The summed E-state index contributed by atoms with van der Waals surface area (Å²) < 4.78 is 0. The molecule has 0 bridgehead atoms. The van der Waals surface area contributed by atoms with E-state index in [1.807, 2.05) is 4.90 Å². The predicted molar refractivity (Wildman–Crippen MR) is 85.5 cm³/mol. The van der Waals surface area contributed by atoms with Crippen molar-refractivity contribution in [1.82, 2.24) is 9.80 Å². The summed E-state index contributed by atoms with van der Waals surface area (Å²) in [5.74, 6) is 0.0641. The van der Waals surface area contributed by atoms with Crippen LogP contribution in [0.25, 0.3) is 0 Å². The molecule has 0 saturated carbocycles. The van der Waals surface area contributed by atoms with Gasteiger partial charge in [0.05, 0.1) is 11.6 Å². The third-order valence-electron chi connectivity index (χ3n) is 4.90. The third-order valence-corrected chi connectivity index (χ3v) is 4.90. The Morgan fingerprint density at radius 2 is 1.82 bits per heavy atom. The number of carbonyl (C=O) groups excluding carboxylic acids is 1. The molecule has 4 heteroatoms. The average Bonchev–Trinajstić information content (AvgIpc) is 2.62. The summed E-state index contributed by atoms with van der Waals surface area (Å²) in [5, 5.41) is 8.95. The third kappa shape index (κ3) is 3.31. The second-order valence-corrected chi connectivity index (χ2v) is 6.31. The summed E-state index contributed by atoms with van der Waals surface area (Å²) in [6.07, 6.45) is 6.15. The van der Waals surface area contributed by atoms with Gasteiger partial charge in [-0.1, -0.05) is 12.5 Å². The van der Waals surface area contributed by atoms with E-state index in [9.17, 15) is 4.79 Å². The van der Waals surface area contributed by atoms with E-state index in [1.165, 1.54) is 32.4 Å². The summed E-state index contributed by atoms with van der Waals surface area (Å²) in [6.45, 7) is 4.11. The first-order valence-corrected chi connectivity index (χ1v) is 8.31. The zero-order valence-electron chi connectivity index (χ0n) is 13.0. The molecular weight excluding hydrogens is 274 g/mol. The summed E-state index contributed by atoms with van der Waals surface area (Å²) >= 11 is 0. The van der Waals surface area contributed by atoms with Crippen LogP contribution in [0.1, 0.15) is 48.0 Å². The van der Waals surface area contributed by atoms with E-state index in [0.29, 0.717) is 17.2 Å². The Bertz CT molecular complexity index is 564. The largest absolute Gasteiger partial charge is 0.339 e. The molecule has 0 N–H and O–H groups in total. The van der Waals surface area contributed by atoms with E-state index in [2.05, 4.69) is 11.0 Å². The molecule has 0 atom stereocenters. The quantitative estimate of drug-likeness (QED) is 0.843. The van der Waals surface area contributed by atoms with Crippen molar-refractivity contribution in [3.05, 3.63) is 35.4 Å². The molecule has 2 heterocycles. The topological polar surface area (TPSA) is 47.3 Å². The van der Waals surface area contributed by atoms with Crippen molar-refractivity contribution in [1.29, 1.82) is 5.26 Å². The van der Waals surface area contributed by atoms with Gasteiger partial charge < -0.3 is 9.80 Å². The van der Waals surface area contributed by atoms with Gasteiger partial charge in [-0.05, 0) is 57.0 Å². The lowest BCUT2D eigenvalue weighted by Crippen LogP contribution is -2.48. The molecule has 116 valence electrons. The molecule has 0 spiro atoms. The number of rotatable bonds is 2. The van der Waals surface area contributed by atoms with Crippen molar-refractivity contribution in [3.8, 4) is 6.07 Å². The number of carbonyl (C=O) groups is 1. The van der Waals surface area contributed by atoms with Gasteiger partial charge in [-0.25, -0.2) is 0 Å². The van der Waals surface area contributed by atoms with Crippen LogP contribution in [0.5, 0.6) is 0 Å². The normalized spacial score (nSPS) is 20.6. The van der Waals surface area contributed by atoms with Gasteiger partial charge in [-0.15, -0.1) is 0 Å². The Morgan fingerprint density at radius 3 is 2.50 bits per heavy atom. The van der Waals surface area contributed by atoms with Crippen LogP contribution in [0.2, 0.25) is 0 Å². The number of nitrogens with zero attached hydrogens (tertiary/aromatic N) is 3. The molecule has 2 aliphatic rings. The molecule has 0 unspecified atom stereocenters. The average molecular weight is 297 g/mol. The maximum absolute atomic E-state index is 12.6. The number of nitriles is 1. The molecule has 0 aromatic heterocycles. The zero-order chi connectivity index (χ0) is 15.4. The van der Waals surface area contributed by atoms with Gasteiger partial charge in [0.2, 0.25) is 0 Å². The fourth-order valence-electron chi connectivity index (χ4n) is 3.62. The first-order valence-electron chi connectivity index (χ1n) is 8.31. The minimum Gasteiger partial charge on any atom is -0.339 e. The standard InChI is InChI=1S/C18H23N3O/c19-14-15-5-4-6-16(13-15)18(22)21-11-7-17(8-12-21)20-9-2-1-3-10-20/h4-6,13,17H,1-3,7-12H2. The van der Waals surface area contributed by atoms with Crippen LogP contribution in [-0.2, 0) is 0 Å². The van der Waals surface area contributed by atoms with Gasteiger partial charge in [0, 0.05) is 24.7 Å². The van der Waals surface area contributed by atoms with Crippen LogP contribution in [0.3, 0.4) is 0 Å². The lowest BCUT2D eigenvalue weighted by molar-refractivity contribution is 0.0590. The van der Waals surface area contributed by atoms with Gasteiger partial charge in [0.1, 0.15) is 0 Å². The molecule has 4 nitrogen and oxygen atoms in total. The molecular formula is C18H23N3O. The SMILES string of the molecule is N#Cc1cccc(C(=O)N2CCC(N3CCCCC3)CC2)c1. The zero-order valence-corrected chi connectivity index (χ0v) is 13.0. The van der Waals surface area contributed by atoms with Crippen LogP contribution in [0.15, 0.2) is 24.3 Å². The van der Waals surface area contributed by atoms with E-state index in [4.69, 9.17) is 5.26 Å². The van der Waals surface area contributed by atoms with E-state index in [1.54, 1.807) is 24.3 Å². The molecule has 1 aromatic carbocycles. The molecule has 2 aliphatic heterocycles. The molecule has 0 radical (unpaired) electrons. The maximum atomic E-state index is 12.6. The van der Waals surface area contributed by atoms with Crippen LogP contribution < -0.4 is 0 Å². The summed E-state index contributed by atoms with van der Waals surface area (Å²) in [7, 11) is 0. The summed E-state index contributed by atoms with van der Waals surface area (Å²) in [5.41, 5.74) is 1.18. The van der Waals surface area contributed by atoms with Crippen molar-refractivity contribution < 1.29 is 4.79 Å². The second-order valence-electron chi connectivity index (χ2n) is 6.31. The van der Waals surface area contributed by atoms with E-state index in [0.717, 1.165) is 25.9 Å². The van der Waals surface area contributed by atoms with Gasteiger partial charge >= 0.3 is 0 Å². The van der Waals surface area contributed by atoms with Gasteiger partial charge in [-0.2, -0.15) is 5.26 Å². The van der Waals surface area contributed by atoms with Crippen molar-refractivity contribution in [2.45, 2.75) is 38.1 Å². The van der Waals surface area contributed by atoms with E-state index >= 15 is 0 Å². The minimum atomic E-state index is 0.0641. The van der Waals surface area contributed by atoms with E-state index < -0.39 is 0 Å². The van der Waals surface area contributed by atoms with Crippen LogP contribution in [-0.4, -0.2) is 47.9 Å². The van der Waals surface area contributed by atoms with Crippen molar-refractivity contribution in [2.75, 3.05) is 26.2 Å². The highest BCUT2D eigenvalue weighted by atomic mass is 16.2. The minimum absolute atomic E-state index is 0.0641. The Balaban J connectivity index is 1.58. The van der Waals surface area contributed by atoms with Gasteiger partial charge in [0.15, 0.2) is 0 Å². The highest BCUT2D eigenvalue weighted by Gasteiger charge is 2.28. The molecule has 1 aromatic rings. The van der Waals surface area contributed by atoms with Crippen molar-refractivity contribution in [3.63, 3.8) is 0 Å². The lowest BCUT2D eigenvalue weighted by atomic mass is 9.99. The number of likely N-dealkylation sites (tertiary alicyclic amines) is 2. The van der Waals surface area contributed by atoms with Crippen molar-refractivity contribution >= 4 is 5.91 Å². The molecule has 2 saturated heterocycles. The predicted octanol–water partition coefficient (Wildman–Crippen LogP) is 2.65. The fraction of sp³-hybridized carbons (Fsp3) is 0.556. The number of benzene rings is 1. The molecule has 22 heavy (non-hydrogen) atoms. The Hall–Kier alpha value is -1.86. The molecule has 3 rings (SSSR count). The fourth-order valence-corrected chi connectivity index (χ4v) is 3.62. The van der Waals surface area contributed by atoms with Gasteiger partial charge in [0.25, 0.3) is 5.91 Å². The maximum Gasteiger partial charge on any atom is 0.253 e. The molecule has 1 amide bonds. The van der Waals surface area contributed by atoms with Crippen LogP contribution in [0, 0.1) is 11.3 Å². The Morgan fingerprint density at radius 1 is 1.09 bits per heavy atom. The Labute approximate surface area is 132 Å². The van der Waals surface area contributed by atoms with Gasteiger partial charge in [-0.3, -0.25) is 4.79 Å². The molecule has 2 fully saturated rings. The number of piperidine rings is 2. The van der Waals surface area contributed by atoms with E-state index in [-0.39, 0.29) is 5.91 Å². The summed E-state index contributed by atoms with van der Waals surface area (Å²) in [4.78, 5) is 17.1. The highest BCUT2D eigenvalue weighted by molar-refractivity contribution is 5.94. The number of amides is 1. The second kappa shape index (κ2) is 6.93. The smallest absolute Gasteiger partial charge is 0.253 e. The first-order chi connectivity index (χ1) is 10.8. The Kier molecular flexibility index (Phi) is 4.74. The monoisotopic (exact) mass is 297 g/mol. The lowest BCUT2D eigenvalue weighted by Gasteiger charge is -2.40. The first kappa shape index (κ1) is 15.1. The number of hydrogen-bond donors (Lipinski definition) is 0. The van der Waals surface area contributed by atoms with Crippen LogP contribution >= 0.6 is 0 Å². The highest BCUT2D eigenvalue weighted by Crippen LogP contribution is 2.22.